The van der Waals surface area contributed by atoms with Gasteiger partial charge in [0.25, 0.3) is 0 Å². The average Bonchev–Trinajstić information content (AvgIpc) is 0.923. The Bertz CT molecular complexity index is 3060. The van der Waals surface area contributed by atoms with Crippen molar-refractivity contribution in [2.75, 3.05) is 39.6 Å². The molecule has 0 saturated carbocycles. The summed E-state index contributed by atoms with van der Waals surface area (Å²) in [7, 11) is -10.1. The molecule has 108 heavy (non-hydrogen) atoms. The van der Waals surface area contributed by atoms with Crippen LogP contribution in [0, 0.1) is 0 Å². The Balaban J connectivity index is 5.63. The highest BCUT2D eigenvalue weighted by Gasteiger charge is 2.30. The lowest BCUT2D eigenvalue weighted by molar-refractivity contribution is -0.160. The Hall–Kier alpha value is -7.40. The van der Waals surface area contributed by atoms with Crippen molar-refractivity contribution in [3.8, 4) is 0 Å². The highest BCUT2D eigenvalue weighted by atomic mass is 31.2. The highest BCUT2D eigenvalue weighted by Crippen LogP contribution is 2.45. The van der Waals surface area contributed by atoms with Crippen LogP contribution in [0.3, 0.4) is 0 Å². The summed E-state index contributed by atoms with van der Waals surface area (Å²) in [5.41, 5.74) is 0. The van der Waals surface area contributed by atoms with Gasteiger partial charge in [-0.3, -0.25) is 37.3 Å². The molecular formula is C89H132O17P2. The molecule has 0 amide bonds. The minimum atomic E-state index is -5.04. The predicted molar refractivity (Wildman–Crippen MR) is 444 cm³/mol. The fourth-order valence-corrected chi connectivity index (χ4v) is 10.4. The number of unbranched alkanes of at least 4 members (excludes halogenated alkanes) is 3. The van der Waals surface area contributed by atoms with E-state index in [4.69, 9.17) is 37.0 Å². The van der Waals surface area contributed by atoms with Gasteiger partial charge in [-0.1, -0.05) is 289 Å². The number of carbonyl (C=O) groups is 4. The van der Waals surface area contributed by atoms with E-state index in [0.29, 0.717) is 32.1 Å². The second-order valence-corrected chi connectivity index (χ2v) is 27.4. The zero-order valence-corrected chi connectivity index (χ0v) is 67.2. The third-order valence-corrected chi connectivity index (χ3v) is 16.5. The van der Waals surface area contributed by atoms with Gasteiger partial charge in [0.05, 0.1) is 39.3 Å². The summed E-state index contributed by atoms with van der Waals surface area (Å²) >= 11 is 0. The van der Waals surface area contributed by atoms with Gasteiger partial charge in [-0.2, -0.15) is 0 Å². The quantitative estimate of drug-likeness (QED) is 0.0169. The molecule has 0 aromatic carbocycles. The van der Waals surface area contributed by atoms with E-state index >= 15 is 0 Å². The number of carbonyl (C=O) groups excluding carboxylic acids is 4. The molecule has 0 saturated heterocycles. The molecule has 0 heterocycles. The van der Waals surface area contributed by atoms with Crippen LogP contribution in [0.4, 0.5) is 0 Å². The topological polar surface area (TPSA) is 237 Å². The van der Waals surface area contributed by atoms with Crippen molar-refractivity contribution in [1.29, 1.82) is 0 Å². The van der Waals surface area contributed by atoms with Gasteiger partial charge in [0.2, 0.25) is 0 Å². The average molecular weight is 1540 g/mol. The largest absolute Gasteiger partial charge is 0.472 e. The van der Waals surface area contributed by atoms with Crippen molar-refractivity contribution in [2.24, 2.45) is 0 Å². The zero-order chi connectivity index (χ0) is 78.9. The van der Waals surface area contributed by atoms with Gasteiger partial charge < -0.3 is 33.8 Å². The van der Waals surface area contributed by atoms with E-state index in [1.165, 1.54) is 0 Å². The van der Waals surface area contributed by atoms with E-state index in [1.54, 1.807) is 24.3 Å². The number of phosphoric acid groups is 2. The lowest BCUT2D eigenvalue weighted by Crippen LogP contribution is -2.30. The fourth-order valence-electron chi connectivity index (χ4n) is 8.83. The Kier molecular flexibility index (Phi) is 72.4. The lowest BCUT2D eigenvalue weighted by Gasteiger charge is -2.21. The first kappa shape index (κ1) is 101. The van der Waals surface area contributed by atoms with Gasteiger partial charge in [0, 0.05) is 12.8 Å². The van der Waals surface area contributed by atoms with Gasteiger partial charge in [-0.25, -0.2) is 9.13 Å². The van der Waals surface area contributed by atoms with Crippen molar-refractivity contribution in [3.63, 3.8) is 0 Å². The molecule has 0 aromatic heterocycles. The van der Waals surface area contributed by atoms with Crippen LogP contribution in [0.25, 0.3) is 0 Å². The van der Waals surface area contributed by atoms with Gasteiger partial charge in [-0.15, -0.1) is 0 Å². The van der Waals surface area contributed by atoms with E-state index in [2.05, 4.69) is 216 Å². The first-order valence-corrected chi connectivity index (χ1v) is 41.9. The maximum absolute atomic E-state index is 13.1. The fraction of sp³-hybridized carbons (Fsp3) is 0.483. The molecule has 17 nitrogen and oxygen atoms in total. The molecule has 19 heteroatoms. The summed E-state index contributed by atoms with van der Waals surface area (Å²) in [5.74, 6) is -2.65. The smallest absolute Gasteiger partial charge is 0.462 e. The molecule has 3 N–H and O–H groups in total. The highest BCUT2D eigenvalue weighted by molar-refractivity contribution is 7.47. The maximum Gasteiger partial charge on any atom is 0.472 e. The molecule has 5 unspecified atom stereocenters. The van der Waals surface area contributed by atoms with Crippen LogP contribution in [0.2, 0.25) is 0 Å². The normalized spacial score (nSPS) is 15.2. The second kappa shape index (κ2) is 77.7. The van der Waals surface area contributed by atoms with Crippen LogP contribution in [0.15, 0.2) is 255 Å². The number of esters is 4. The number of phosphoric ester groups is 2. The molecule has 0 aromatic rings. The van der Waals surface area contributed by atoms with Crippen molar-refractivity contribution >= 4 is 39.5 Å². The van der Waals surface area contributed by atoms with Gasteiger partial charge in [-0.05, 0) is 161 Å². The monoisotopic (exact) mass is 1530 g/mol. The Morgan fingerprint density at radius 3 is 0.778 bits per heavy atom. The van der Waals surface area contributed by atoms with Gasteiger partial charge >= 0.3 is 39.5 Å². The van der Waals surface area contributed by atoms with E-state index < -0.39 is 97.5 Å². The zero-order valence-electron chi connectivity index (χ0n) is 65.4. The number of aliphatic hydroxyl groups excluding tert-OH is 1. The molecule has 0 aliphatic heterocycles. The molecule has 0 radical (unpaired) electrons. The van der Waals surface area contributed by atoms with Crippen LogP contribution in [0.5, 0.6) is 0 Å². The molecule has 0 aliphatic rings. The Morgan fingerprint density at radius 2 is 0.500 bits per heavy atom. The second-order valence-electron chi connectivity index (χ2n) is 24.4. The Morgan fingerprint density at radius 1 is 0.269 bits per heavy atom. The van der Waals surface area contributed by atoms with Crippen LogP contribution in [-0.2, 0) is 65.4 Å². The van der Waals surface area contributed by atoms with Gasteiger partial charge in [0.15, 0.2) is 12.2 Å². The first-order valence-electron chi connectivity index (χ1n) is 38.9. The van der Waals surface area contributed by atoms with Crippen LogP contribution < -0.4 is 0 Å². The van der Waals surface area contributed by atoms with Gasteiger partial charge in [0.1, 0.15) is 19.3 Å². The third-order valence-electron chi connectivity index (χ3n) is 14.6. The van der Waals surface area contributed by atoms with Crippen molar-refractivity contribution in [1.82, 2.24) is 0 Å². The number of hydrogen-bond donors (Lipinski definition) is 3. The molecule has 0 bridgehead atoms. The minimum absolute atomic E-state index is 0.00164. The summed E-state index contributed by atoms with van der Waals surface area (Å²) in [5, 5.41) is 10.6. The summed E-state index contributed by atoms with van der Waals surface area (Å²) in [6.07, 6.45) is 103. The number of rotatable bonds is 69. The van der Waals surface area contributed by atoms with E-state index in [-0.39, 0.29) is 25.7 Å². The SMILES string of the molecule is CC/C=C\C/C=C\C/C=C\C/C=C\C/C=C\C/C=C\CCC(=O)OCC(COP(=O)(O)OCC(O)COP(=O)(O)OCC(COC(=O)CCCCC/C=C\C/C=C\C/C=C\C/C=C\C/C=C\CC)OC(=O)C/C=C\C/C=C\C/C=C\C/C=C\C/C=C\CC)OC(=O)C/C=C\C/C=C\C/C=C\C/C=C\C/C=C\CC. The van der Waals surface area contributed by atoms with Crippen molar-refractivity contribution in [2.45, 2.75) is 239 Å². The molecule has 600 valence electrons. The minimum Gasteiger partial charge on any atom is -0.462 e. The third kappa shape index (κ3) is 76.8. The van der Waals surface area contributed by atoms with Crippen molar-refractivity contribution in [3.05, 3.63) is 255 Å². The standard InChI is InChI=1S/C89H132O17P2/c1-5-9-13-17-21-25-29-33-37-39-41-43-47-49-53-57-61-65-69-73-86(91)99-79-84(105-88(93)75-71-67-63-59-55-51-45-35-31-27-23-19-15-11-7-3)81-103-107(95,96)101-77-83(90)78-102-108(97,98)104-82-85(106-89(94)76-72-68-64-60-56-52-46-36-32-28-24-20-16-12-8-4)80-100-87(92)74-70-66-62-58-54-50-48-44-42-40-38-34-30-26-22-18-14-10-6-2/h9-16,21-28,33-38,41-46,49-50,53-56,59-61,65,67-68,71-72,83-85,90H,5-8,17-20,29-32,39-40,47-48,51-52,57-58,62-64,66,69-70,73-82H2,1-4H3,(H,95,96)(H,97,98)/b13-9-,14-10-,15-11-,16-12-,25-21-,26-22-,27-23-,28-24-,37-33-,38-34-,43-41-,44-42-,45-35-,46-36-,53-49-,54-50-,59-55-,60-56-,65-61-,71-67-,72-68-. The molecule has 0 aliphatic carbocycles. The molecule has 0 spiro atoms. The maximum atomic E-state index is 13.1. The summed E-state index contributed by atoms with van der Waals surface area (Å²) in [6, 6.07) is 0. The van der Waals surface area contributed by atoms with E-state index in [9.17, 15) is 43.2 Å². The number of aliphatic hydroxyl groups is 1. The molecular weight excluding hydrogens is 1400 g/mol. The molecule has 0 rings (SSSR count). The summed E-state index contributed by atoms with van der Waals surface area (Å²) in [4.78, 5) is 72.8. The van der Waals surface area contributed by atoms with Crippen molar-refractivity contribution < 1.29 is 80.2 Å². The number of allylic oxidation sites excluding steroid dienone is 40. The first-order chi connectivity index (χ1) is 52.7. The number of ether oxygens (including phenoxy) is 4. The summed E-state index contributed by atoms with van der Waals surface area (Å²) in [6.45, 7) is 3.98. The lowest BCUT2D eigenvalue weighted by atomic mass is 10.1. The van der Waals surface area contributed by atoms with Crippen LogP contribution in [-0.4, -0.2) is 96.7 Å². The van der Waals surface area contributed by atoms with Crippen LogP contribution >= 0.6 is 15.6 Å². The van der Waals surface area contributed by atoms with Crippen LogP contribution in [0.1, 0.15) is 220 Å². The summed E-state index contributed by atoms with van der Waals surface area (Å²) < 4.78 is 68.1. The van der Waals surface area contributed by atoms with E-state index in [1.807, 2.05) is 42.5 Å². The predicted octanol–water partition coefficient (Wildman–Crippen LogP) is 23.0. The van der Waals surface area contributed by atoms with E-state index in [0.717, 1.165) is 135 Å². The molecule has 0 fully saturated rings. The Labute approximate surface area is 649 Å². The number of hydrogen-bond acceptors (Lipinski definition) is 15. The molecule has 5 atom stereocenters.